The van der Waals surface area contributed by atoms with Crippen molar-refractivity contribution in [3.8, 4) is 23.3 Å². The molecule has 2 rings (SSSR count). The predicted octanol–water partition coefficient (Wildman–Crippen LogP) is 2.63. The molecule has 0 unspecified atom stereocenters. The lowest BCUT2D eigenvalue weighted by atomic mass is 10.2. The van der Waals surface area contributed by atoms with Crippen molar-refractivity contribution < 1.29 is 4.74 Å². The number of hydrogen-bond acceptors (Lipinski definition) is 3. The molecule has 0 aliphatic carbocycles. The highest BCUT2D eigenvalue weighted by Crippen LogP contribution is 2.22. The molecular weight excluding hydrogens is 236 g/mol. The second kappa shape index (κ2) is 6.48. The Bertz CT molecular complexity index is 577. The maximum atomic E-state index is 5.70. The smallest absolute Gasteiger partial charge is 0.127 e. The third-order valence-electron chi connectivity index (χ3n) is 2.47. The maximum Gasteiger partial charge on any atom is 0.127 e. The summed E-state index contributed by atoms with van der Waals surface area (Å²) in [6.45, 7) is 0.684. The van der Waals surface area contributed by atoms with Gasteiger partial charge in [-0.05, 0) is 55.6 Å². The van der Waals surface area contributed by atoms with Crippen LogP contribution in [0.25, 0.3) is 0 Å². The van der Waals surface area contributed by atoms with Gasteiger partial charge in [-0.1, -0.05) is 11.8 Å². The van der Waals surface area contributed by atoms with E-state index in [1.807, 2.05) is 55.6 Å². The zero-order valence-electron chi connectivity index (χ0n) is 10.8. The van der Waals surface area contributed by atoms with E-state index in [1.54, 1.807) is 0 Å². The molecule has 19 heavy (non-hydrogen) atoms. The van der Waals surface area contributed by atoms with Gasteiger partial charge in [0, 0.05) is 11.3 Å². The Hall–Kier alpha value is -2.44. The van der Waals surface area contributed by atoms with E-state index < -0.39 is 0 Å². The average molecular weight is 252 g/mol. The molecule has 0 spiro atoms. The number of hydrogen-bond donors (Lipinski definition) is 2. The van der Waals surface area contributed by atoms with Crippen LogP contribution in [0.5, 0.6) is 11.5 Å². The second-order valence-corrected chi connectivity index (χ2v) is 4.03. The number of nitrogen functional groups attached to an aromatic ring is 1. The number of ether oxygens (including phenoxy) is 1. The highest BCUT2D eigenvalue weighted by Gasteiger charge is 1.96. The summed E-state index contributed by atoms with van der Waals surface area (Å²) < 4.78 is 5.70. The molecular formula is C16H16N2O. The summed E-state index contributed by atoms with van der Waals surface area (Å²) in [6, 6.07) is 15.0. The first-order valence-corrected chi connectivity index (χ1v) is 6.05. The Morgan fingerprint density at radius 3 is 2.16 bits per heavy atom. The topological polar surface area (TPSA) is 47.3 Å². The van der Waals surface area contributed by atoms with Crippen LogP contribution in [-0.4, -0.2) is 13.6 Å². The summed E-state index contributed by atoms with van der Waals surface area (Å²) in [4.78, 5) is 0. The van der Waals surface area contributed by atoms with Crippen LogP contribution in [0.3, 0.4) is 0 Å². The lowest BCUT2D eigenvalue weighted by Gasteiger charge is -2.05. The van der Waals surface area contributed by atoms with Crippen molar-refractivity contribution in [3.63, 3.8) is 0 Å². The van der Waals surface area contributed by atoms with Crippen LogP contribution in [0.15, 0.2) is 48.5 Å². The third-order valence-corrected chi connectivity index (χ3v) is 2.47. The fraction of sp³-hybridized carbons (Fsp3) is 0.125. The van der Waals surface area contributed by atoms with Crippen LogP contribution in [0.4, 0.5) is 5.69 Å². The van der Waals surface area contributed by atoms with E-state index in [4.69, 9.17) is 10.5 Å². The zero-order valence-corrected chi connectivity index (χ0v) is 10.8. The molecule has 2 aromatic rings. The third kappa shape index (κ3) is 4.06. The highest BCUT2D eigenvalue weighted by molar-refractivity contribution is 5.44. The van der Waals surface area contributed by atoms with E-state index in [-0.39, 0.29) is 0 Å². The van der Waals surface area contributed by atoms with Gasteiger partial charge in [-0.25, -0.2) is 0 Å². The molecule has 96 valence electrons. The minimum Gasteiger partial charge on any atom is -0.457 e. The molecule has 0 fully saturated rings. The van der Waals surface area contributed by atoms with Gasteiger partial charge in [-0.2, -0.15) is 0 Å². The van der Waals surface area contributed by atoms with Crippen molar-refractivity contribution in [1.29, 1.82) is 0 Å². The van der Waals surface area contributed by atoms with E-state index in [2.05, 4.69) is 17.2 Å². The molecule has 0 aliphatic heterocycles. The van der Waals surface area contributed by atoms with Gasteiger partial charge in [0.25, 0.3) is 0 Å². The molecule has 3 N–H and O–H groups in total. The Morgan fingerprint density at radius 1 is 1.00 bits per heavy atom. The van der Waals surface area contributed by atoms with Gasteiger partial charge < -0.3 is 15.8 Å². The first kappa shape index (κ1) is 13.0. The molecule has 0 amide bonds. The lowest BCUT2D eigenvalue weighted by molar-refractivity contribution is 0.483. The molecule has 0 aliphatic rings. The van der Waals surface area contributed by atoms with E-state index in [1.165, 1.54) is 0 Å². The van der Waals surface area contributed by atoms with Crippen LogP contribution in [-0.2, 0) is 0 Å². The van der Waals surface area contributed by atoms with Crippen LogP contribution >= 0.6 is 0 Å². The minimum atomic E-state index is 0.684. The van der Waals surface area contributed by atoms with Crippen LogP contribution < -0.4 is 15.8 Å². The molecule has 0 heterocycles. The Balaban J connectivity index is 2.03. The SMILES string of the molecule is CNCC#Cc1ccc(Oc2ccc(N)cc2)cc1. The number of rotatable bonds is 3. The highest BCUT2D eigenvalue weighted by atomic mass is 16.5. The number of nitrogens with one attached hydrogen (secondary N) is 1. The molecule has 0 atom stereocenters. The molecule has 0 saturated carbocycles. The average Bonchev–Trinajstić information content (AvgIpc) is 2.44. The van der Waals surface area contributed by atoms with E-state index in [0.717, 1.165) is 22.7 Å². The van der Waals surface area contributed by atoms with E-state index in [0.29, 0.717) is 6.54 Å². The first-order valence-electron chi connectivity index (χ1n) is 6.05. The molecule has 0 aromatic heterocycles. The van der Waals surface area contributed by atoms with E-state index >= 15 is 0 Å². The number of anilines is 1. The van der Waals surface area contributed by atoms with Crippen molar-refractivity contribution >= 4 is 5.69 Å². The number of nitrogens with two attached hydrogens (primary N) is 1. The van der Waals surface area contributed by atoms with Gasteiger partial charge >= 0.3 is 0 Å². The predicted molar refractivity (Wildman–Crippen MR) is 78.2 cm³/mol. The summed E-state index contributed by atoms with van der Waals surface area (Å²) >= 11 is 0. The van der Waals surface area contributed by atoms with Crippen molar-refractivity contribution in [2.75, 3.05) is 19.3 Å². The van der Waals surface area contributed by atoms with Gasteiger partial charge in [0.2, 0.25) is 0 Å². The van der Waals surface area contributed by atoms with Crippen molar-refractivity contribution in [3.05, 3.63) is 54.1 Å². The fourth-order valence-corrected chi connectivity index (χ4v) is 1.51. The van der Waals surface area contributed by atoms with Crippen LogP contribution in [0, 0.1) is 11.8 Å². The monoisotopic (exact) mass is 252 g/mol. The summed E-state index contributed by atoms with van der Waals surface area (Å²) in [5.74, 6) is 7.62. The Labute approximate surface area is 113 Å². The Morgan fingerprint density at radius 2 is 1.58 bits per heavy atom. The summed E-state index contributed by atoms with van der Waals surface area (Å²) in [6.07, 6.45) is 0. The molecule has 0 radical (unpaired) electrons. The minimum absolute atomic E-state index is 0.684. The fourth-order valence-electron chi connectivity index (χ4n) is 1.51. The van der Waals surface area contributed by atoms with Crippen LogP contribution in [0.2, 0.25) is 0 Å². The van der Waals surface area contributed by atoms with E-state index in [9.17, 15) is 0 Å². The Kier molecular flexibility index (Phi) is 4.44. The summed E-state index contributed by atoms with van der Waals surface area (Å²) in [5, 5.41) is 2.98. The normalized spacial score (nSPS) is 9.53. The van der Waals surface area contributed by atoms with Gasteiger partial charge in [-0.3, -0.25) is 0 Å². The van der Waals surface area contributed by atoms with Crippen LogP contribution in [0.1, 0.15) is 5.56 Å². The maximum absolute atomic E-state index is 5.70. The lowest BCUT2D eigenvalue weighted by Crippen LogP contribution is -2.04. The van der Waals surface area contributed by atoms with Crippen molar-refractivity contribution in [2.45, 2.75) is 0 Å². The van der Waals surface area contributed by atoms with Crippen molar-refractivity contribution in [1.82, 2.24) is 5.32 Å². The second-order valence-electron chi connectivity index (χ2n) is 4.03. The summed E-state index contributed by atoms with van der Waals surface area (Å²) in [7, 11) is 1.87. The molecule has 3 heteroatoms. The van der Waals surface area contributed by atoms with Gasteiger partial charge in [0.05, 0.1) is 6.54 Å². The zero-order chi connectivity index (χ0) is 13.5. The molecule has 0 saturated heterocycles. The van der Waals surface area contributed by atoms with Gasteiger partial charge in [0.1, 0.15) is 11.5 Å². The molecule has 0 bridgehead atoms. The van der Waals surface area contributed by atoms with Gasteiger partial charge in [0.15, 0.2) is 0 Å². The standard InChI is InChI=1S/C16H16N2O/c1-18-12-2-3-13-4-8-15(9-5-13)19-16-10-6-14(17)7-11-16/h4-11,18H,12,17H2,1H3. The van der Waals surface area contributed by atoms with Gasteiger partial charge in [-0.15, -0.1) is 0 Å². The molecule has 2 aromatic carbocycles. The summed E-state index contributed by atoms with van der Waals surface area (Å²) in [5.41, 5.74) is 7.32. The quantitative estimate of drug-likeness (QED) is 0.652. The first-order chi connectivity index (χ1) is 9.28. The molecule has 3 nitrogen and oxygen atoms in total. The number of benzene rings is 2. The largest absolute Gasteiger partial charge is 0.457 e. The van der Waals surface area contributed by atoms with Crippen molar-refractivity contribution in [2.24, 2.45) is 0 Å².